The summed E-state index contributed by atoms with van der Waals surface area (Å²) in [6.07, 6.45) is 8.12. The minimum atomic E-state index is -0.0939. The molecule has 1 aromatic carbocycles. The lowest BCUT2D eigenvalue weighted by Gasteiger charge is -2.35. The van der Waals surface area contributed by atoms with Crippen LogP contribution in [0, 0.1) is 5.92 Å². The van der Waals surface area contributed by atoms with Gasteiger partial charge in [-0.1, -0.05) is 32.1 Å². The Morgan fingerprint density at radius 2 is 1.43 bits per heavy atom. The highest BCUT2D eigenvalue weighted by Gasteiger charge is 2.27. The Balaban J connectivity index is 1.55. The average Bonchev–Trinajstić information content (AvgIpc) is 2.81. The Hall–Kier alpha value is -2.44. The molecule has 0 aromatic heterocycles. The standard InChI is InChI=1S/C23H34N2O5/c1-28-19-15-18(16-20(29-2)22(19)30-3)23(27)25-13-11-24(12-14-25)21(26)10-9-17-7-5-4-6-8-17/h15-17H,4-14H2,1-3H3. The molecule has 1 saturated carbocycles. The summed E-state index contributed by atoms with van der Waals surface area (Å²) in [5.74, 6) is 2.22. The van der Waals surface area contributed by atoms with Crippen molar-refractivity contribution < 1.29 is 23.8 Å². The number of carbonyl (C=O) groups excluding carboxylic acids is 2. The van der Waals surface area contributed by atoms with Crippen molar-refractivity contribution in [2.45, 2.75) is 44.9 Å². The molecule has 0 N–H and O–H groups in total. The molecule has 1 aliphatic heterocycles. The fourth-order valence-corrected chi connectivity index (χ4v) is 4.51. The number of ether oxygens (including phenoxy) is 3. The molecule has 7 nitrogen and oxygen atoms in total. The van der Waals surface area contributed by atoms with Gasteiger partial charge in [-0.3, -0.25) is 9.59 Å². The molecule has 2 fully saturated rings. The number of nitrogens with zero attached hydrogens (tertiary/aromatic N) is 2. The van der Waals surface area contributed by atoms with E-state index in [1.165, 1.54) is 53.4 Å². The molecule has 0 spiro atoms. The maximum absolute atomic E-state index is 13.0. The number of carbonyl (C=O) groups is 2. The molecule has 1 heterocycles. The second-order valence-electron chi connectivity index (χ2n) is 8.13. The summed E-state index contributed by atoms with van der Waals surface area (Å²) in [5, 5.41) is 0. The predicted molar refractivity (Wildman–Crippen MR) is 114 cm³/mol. The number of hydrogen-bond donors (Lipinski definition) is 0. The minimum Gasteiger partial charge on any atom is -0.493 e. The zero-order valence-corrected chi connectivity index (χ0v) is 18.4. The van der Waals surface area contributed by atoms with Gasteiger partial charge in [0.2, 0.25) is 11.7 Å². The first kappa shape index (κ1) is 22.2. The molecule has 166 valence electrons. The van der Waals surface area contributed by atoms with Crippen molar-refractivity contribution in [3.63, 3.8) is 0 Å². The topological polar surface area (TPSA) is 68.3 Å². The minimum absolute atomic E-state index is 0.0939. The molecule has 30 heavy (non-hydrogen) atoms. The quantitative estimate of drug-likeness (QED) is 0.679. The Labute approximate surface area is 179 Å². The highest BCUT2D eigenvalue weighted by Crippen LogP contribution is 2.38. The molecule has 0 atom stereocenters. The van der Waals surface area contributed by atoms with E-state index in [1.807, 2.05) is 4.90 Å². The van der Waals surface area contributed by atoms with Crippen LogP contribution in [-0.4, -0.2) is 69.1 Å². The van der Waals surface area contributed by atoms with Gasteiger partial charge >= 0.3 is 0 Å². The first-order chi connectivity index (χ1) is 14.6. The van der Waals surface area contributed by atoms with Crippen LogP contribution in [0.15, 0.2) is 12.1 Å². The summed E-state index contributed by atoms with van der Waals surface area (Å²) in [6, 6.07) is 3.34. The third-order valence-corrected chi connectivity index (χ3v) is 6.32. The number of hydrogen-bond acceptors (Lipinski definition) is 5. The highest BCUT2D eigenvalue weighted by atomic mass is 16.5. The Kier molecular flexibility index (Phi) is 7.82. The van der Waals surface area contributed by atoms with Gasteiger partial charge in [-0.2, -0.15) is 0 Å². The first-order valence-corrected chi connectivity index (χ1v) is 10.9. The van der Waals surface area contributed by atoms with Crippen LogP contribution in [0.4, 0.5) is 0 Å². The molecule has 1 saturated heterocycles. The van der Waals surface area contributed by atoms with Crippen molar-refractivity contribution in [1.29, 1.82) is 0 Å². The summed E-state index contributed by atoms with van der Waals surface area (Å²) < 4.78 is 16.0. The van der Waals surface area contributed by atoms with Crippen molar-refractivity contribution in [2.24, 2.45) is 5.92 Å². The van der Waals surface area contributed by atoms with Gasteiger partial charge in [0.15, 0.2) is 11.5 Å². The third kappa shape index (κ3) is 5.18. The van der Waals surface area contributed by atoms with E-state index in [2.05, 4.69) is 0 Å². The molecule has 2 amide bonds. The van der Waals surface area contributed by atoms with Crippen LogP contribution < -0.4 is 14.2 Å². The molecule has 1 aliphatic carbocycles. The fraction of sp³-hybridized carbons (Fsp3) is 0.652. The monoisotopic (exact) mass is 418 g/mol. The van der Waals surface area contributed by atoms with Crippen LogP contribution in [0.5, 0.6) is 17.2 Å². The lowest BCUT2D eigenvalue weighted by molar-refractivity contribution is -0.133. The summed E-state index contributed by atoms with van der Waals surface area (Å²) in [5.41, 5.74) is 0.488. The van der Waals surface area contributed by atoms with Gasteiger partial charge in [-0.25, -0.2) is 0 Å². The van der Waals surface area contributed by atoms with Gasteiger partial charge in [-0.05, 0) is 24.5 Å². The summed E-state index contributed by atoms with van der Waals surface area (Å²) in [7, 11) is 4.60. The molecule has 0 bridgehead atoms. The van der Waals surface area contributed by atoms with E-state index in [9.17, 15) is 9.59 Å². The summed E-state index contributed by atoms with van der Waals surface area (Å²) in [4.78, 5) is 29.3. The lowest BCUT2D eigenvalue weighted by Crippen LogP contribution is -2.50. The van der Waals surface area contributed by atoms with Crippen molar-refractivity contribution in [3.05, 3.63) is 17.7 Å². The van der Waals surface area contributed by atoms with Crippen LogP contribution >= 0.6 is 0 Å². The second kappa shape index (κ2) is 10.5. The smallest absolute Gasteiger partial charge is 0.254 e. The van der Waals surface area contributed by atoms with Crippen LogP contribution in [0.2, 0.25) is 0 Å². The zero-order valence-electron chi connectivity index (χ0n) is 18.4. The van der Waals surface area contributed by atoms with Gasteiger partial charge in [0.25, 0.3) is 5.91 Å². The van der Waals surface area contributed by atoms with E-state index >= 15 is 0 Å². The van der Waals surface area contributed by atoms with Crippen molar-refractivity contribution in [2.75, 3.05) is 47.5 Å². The number of methoxy groups -OCH3 is 3. The van der Waals surface area contributed by atoms with E-state index in [-0.39, 0.29) is 11.8 Å². The van der Waals surface area contributed by atoms with E-state index in [1.54, 1.807) is 17.0 Å². The predicted octanol–water partition coefficient (Wildman–Crippen LogP) is 3.36. The molecule has 0 unspecified atom stereocenters. The molecular weight excluding hydrogens is 384 g/mol. The number of rotatable bonds is 7. The van der Waals surface area contributed by atoms with Gasteiger partial charge in [-0.15, -0.1) is 0 Å². The molecule has 0 radical (unpaired) electrons. The molecular formula is C23H34N2O5. The van der Waals surface area contributed by atoms with Gasteiger partial charge in [0.05, 0.1) is 21.3 Å². The summed E-state index contributed by atoms with van der Waals surface area (Å²) >= 11 is 0. The van der Waals surface area contributed by atoms with Crippen molar-refractivity contribution in [3.8, 4) is 17.2 Å². The fourth-order valence-electron chi connectivity index (χ4n) is 4.51. The van der Waals surface area contributed by atoms with Crippen LogP contribution in [-0.2, 0) is 4.79 Å². The van der Waals surface area contributed by atoms with E-state index in [4.69, 9.17) is 14.2 Å². The molecule has 7 heteroatoms. The maximum atomic E-state index is 13.0. The second-order valence-corrected chi connectivity index (χ2v) is 8.13. The van der Waals surface area contributed by atoms with Crippen LogP contribution in [0.3, 0.4) is 0 Å². The summed E-state index contributed by atoms with van der Waals surface area (Å²) in [6.45, 7) is 2.23. The Morgan fingerprint density at radius 3 is 1.97 bits per heavy atom. The van der Waals surface area contributed by atoms with E-state index < -0.39 is 0 Å². The molecule has 3 rings (SSSR count). The van der Waals surface area contributed by atoms with Gasteiger partial charge in [0, 0.05) is 38.2 Å². The Morgan fingerprint density at radius 1 is 0.867 bits per heavy atom. The first-order valence-electron chi connectivity index (χ1n) is 10.9. The number of piperazine rings is 1. The lowest BCUT2D eigenvalue weighted by atomic mass is 9.86. The van der Waals surface area contributed by atoms with Crippen molar-refractivity contribution >= 4 is 11.8 Å². The zero-order chi connectivity index (χ0) is 21.5. The molecule has 1 aromatic rings. The van der Waals surface area contributed by atoms with Crippen LogP contribution in [0.25, 0.3) is 0 Å². The van der Waals surface area contributed by atoms with Gasteiger partial charge in [0.1, 0.15) is 0 Å². The highest BCUT2D eigenvalue weighted by molar-refractivity contribution is 5.96. The van der Waals surface area contributed by atoms with Crippen LogP contribution in [0.1, 0.15) is 55.3 Å². The number of amides is 2. The molecule has 2 aliphatic rings. The average molecular weight is 419 g/mol. The SMILES string of the molecule is COc1cc(C(=O)N2CCN(C(=O)CCC3CCCCC3)CC2)cc(OC)c1OC. The van der Waals surface area contributed by atoms with Gasteiger partial charge < -0.3 is 24.0 Å². The van der Waals surface area contributed by atoms with Crippen molar-refractivity contribution in [1.82, 2.24) is 9.80 Å². The normalized spacial score (nSPS) is 17.6. The third-order valence-electron chi connectivity index (χ3n) is 6.32. The largest absolute Gasteiger partial charge is 0.493 e. The van der Waals surface area contributed by atoms with E-state index in [0.717, 1.165) is 6.42 Å². The maximum Gasteiger partial charge on any atom is 0.254 e. The number of benzene rings is 1. The Bertz CT molecular complexity index is 712. The van der Waals surface area contributed by atoms with E-state index in [0.29, 0.717) is 61.3 Å².